The molecule has 0 radical (unpaired) electrons. The Bertz CT molecular complexity index is 235. The molecule has 0 spiro atoms. The van der Waals surface area contributed by atoms with E-state index in [1.165, 1.54) is 12.1 Å². The lowest BCUT2D eigenvalue weighted by atomic mass is 10.2. The lowest BCUT2D eigenvalue weighted by Crippen LogP contribution is -1.84. The van der Waals surface area contributed by atoms with E-state index in [-0.39, 0.29) is 0 Å². The highest BCUT2D eigenvalue weighted by Crippen LogP contribution is 2.19. The van der Waals surface area contributed by atoms with Crippen molar-refractivity contribution in [1.29, 1.82) is 0 Å². The zero-order valence-electron chi connectivity index (χ0n) is 5.29. The Morgan fingerprint density at radius 1 is 1.20 bits per heavy atom. The molecule has 0 aliphatic rings. The molecule has 0 heterocycles. The average molecular weight is 163 g/mol. The Labute approximate surface area is 62.4 Å². The smallest absolute Gasteiger partial charge is 0.145 e. The highest BCUT2D eigenvalue weighted by molar-refractivity contribution is 6.30. The summed E-state index contributed by atoms with van der Waals surface area (Å²) in [7, 11) is 0. The van der Waals surface area contributed by atoms with Gasteiger partial charge in [0.05, 0.1) is 0 Å². The Morgan fingerprint density at radius 2 is 1.60 bits per heavy atom. The zero-order chi connectivity index (χ0) is 7.72. The third-order valence-electron chi connectivity index (χ3n) is 1.13. The van der Waals surface area contributed by atoms with Crippen molar-refractivity contribution in [3.8, 4) is 0 Å². The van der Waals surface area contributed by atoms with Crippen molar-refractivity contribution in [3.05, 3.63) is 34.4 Å². The average Bonchev–Trinajstić information content (AvgIpc) is 1.82. The summed E-state index contributed by atoms with van der Waals surface area (Å²) in [6, 6.07) is 2.37. The second-order valence-corrected chi connectivity index (χ2v) is 2.42. The van der Waals surface area contributed by atoms with E-state index in [4.69, 9.17) is 11.6 Å². The van der Waals surface area contributed by atoms with Crippen LogP contribution in [0.1, 0.15) is 5.56 Å². The van der Waals surface area contributed by atoms with E-state index in [0.29, 0.717) is 5.56 Å². The van der Waals surface area contributed by atoms with Crippen LogP contribution in [-0.2, 0) is 0 Å². The molecule has 3 heteroatoms. The van der Waals surface area contributed by atoms with Gasteiger partial charge < -0.3 is 0 Å². The number of hydrogen-bond acceptors (Lipinski definition) is 0. The van der Waals surface area contributed by atoms with Crippen LogP contribution in [0.2, 0.25) is 5.02 Å². The molecule has 0 aliphatic carbocycles. The maximum atomic E-state index is 12.5. The first-order chi connectivity index (χ1) is 4.61. The molecule has 0 amide bonds. The Hall–Kier alpha value is -0.630. The minimum absolute atomic E-state index is 0.439. The van der Waals surface area contributed by atoms with Crippen LogP contribution >= 0.6 is 11.6 Å². The van der Waals surface area contributed by atoms with Gasteiger partial charge in [-0.05, 0) is 24.6 Å². The van der Waals surface area contributed by atoms with Crippen molar-refractivity contribution in [3.63, 3.8) is 0 Å². The van der Waals surface area contributed by atoms with E-state index in [2.05, 4.69) is 0 Å². The van der Waals surface area contributed by atoms with E-state index in [9.17, 15) is 8.78 Å². The number of benzene rings is 1. The fourth-order valence-electron chi connectivity index (χ4n) is 0.682. The monoisotopic (exact) mass is 162 g/mol. The van der Waals surface area contributed by atoms with Crippen molar-refractivity contribution in [1.82, 2.24) is 0 Å². The van der Waals surface area contributed by atoms with Crippen LogP contribution < -0.4 is 0 Å². The molecule has 0 atom stereocenters. The molecule has 0 aliphatic heterocycles. The molecule has 1 aromatic carbocycles. The normalized spacial score (nSPS) is 10.0. The van der Waals surface area contributed by atoms with Crippen LogP contribution in [0.3, 0.4) is 0 Å². The molecule has 0 saturated heterocycles. The zero-order valence-corrected chi connectivity index (χ0v) is 6.04. The quantitative estimate of drug-likeness (QED) is 0.515. The number of hydrogen-bond donors (Lipinski definition) is 0. The first kappa shape index (κ1) is 7.48. The number of halogens is 3. The molecule has 1 aromatic rings. The van der Waals surface area contributed by atoms with Gasteiger partial charge in [-0.25, -0.2) is 8.78 Å². The fraction of sp³-hybridized carbons (Fsp3) is 0.143. The summed E-state index contributed by atoms with van der Waals surface area (Å²) in [6.45, 7) is 1.60. The van der Waals surface area contributed by atoms with Gasteiger partial charge in [0.2, 0.25) is 0 Å². The molecule has 0 saturated carbocycles. The maximum absolute atomic E-state index is 12.5. The van der Waals surface area contributed by atoms with Gasteiger partial charge in [-0.2, -0.15) is 0 Å². The van der Waals surface area contributed by atoms with E-state index < -0.39 is 16.7 Å². The summed E-state index contributed by atoms with van der Waals surface area (Å²) in [5.74, 6) is -1.42. The van der Waals surface area contributed by atoms with Gasteiger partial charge in [-0.15, -0.1) is 0 Å². The third kappa shape index (κ3) is 1.27. The third-order valence-corrected chi connectivity index (χ3v) is 1.49. The summed E-state index contributed by atoms with van der Waals surface area (Å²) in [6.07, 6.45) is 0. The molecule has 0 nitrogen and oxygen atoms in total. The molecule has 0 fully saturated rings. The van der Waals surface area contributed by atoms with Crippen molar-refractivity contribution in [2.45, 2.75) is 6.92 Å². The fourth-order valence-corrected chi connectivity index (χ4v) is 0.791. The summed E-state index contributed by atoms with van der Waals surface area (Å²) in [5, 5.41) is -0.439. The van der Waals surface area contributed by atoms with E-state index in [1.54, 1.807) is 6.92 Å². The van der Waals surface area contributed by atoms with E-state index >= 15 is 0 Å². The van der Waals surface area contributed by atoms with Gasteiger partial charge in [-0.1, -0.05) is 11.6 Å². The number of rotatable bonds is 0. The molecule has 0 bridgehead atoms. The molecule has 0 unspecified atom stereocenters. The topological polar surface area (TPSA) is 0 Å². The van der Waals surface area contributed by atoms with Crippen LogP contribution in [0.15, 0.2) is 12.1 Å². The van der Waals surface area contributed by atoms with Crippen LogP contribution in [0.25, 0.3) is 0 Å². The van der Waals surface area contributed by atoms with Crippen LogP contribution in [-0.4, -0.2) is 0 Å². The molecule has 54 valence electrons. The first-order valence-electron chi connectivity index (χ1n) is 2.72. The highest BCUT2D eigenvalue weighted by Gasteiger charge is 2.05. The number of aryl methyl sites for hydroxylation is 1. The summed E-state index contributed by atoms with van der Waals surface area (Å²) in [4.78, 5) is 0. The van der Waals surface area contributed by atoms with E-state index in [0.717, 1.165) is 0 Å². The predicted octanol–water partition coefficient (Wildman–Crippen LogP) is 2.93. The van der Waals surface area contributed by atoms with Gasteiger partial charge in [0, 0.05) is 0 Å². The SMILES string of the molecule is Cc1cc(F)c(Cl)c(F)c1. The maximum Gasteiger partial charge on any atom is 0.145 e. The Balaban J connectivity index is 3.31. The minimum Gasteiger partial charge on any atom is -0.205 e. The van der Waals surface area contributed by atoms with Gasteiger partial charge >= 0.3 is 0 Å². The second-order valence-electron chi connectivity index (χ2n) is 2.04. The Morgan fingerprint density at radius 3 is 2.00 bits per heavy atom. The molecular formula is C7H5ClF2. The lowest BCUT2D eigenvalue weighted by molar-refractivity contribution is 0.582. The molecule has 1 rings (SSSR count). The summed E-state index contributed by atoms with van der Waals surface area (Å²) in [5.41, 5.74) is 0.527. The van der Waals surface area contributed by atoms with Gasteiger partial charge in [0.1, 0.15) is 16.7 Å². The summed E-state index contributed by atoms with van der Waals surface area (Å²) < 4.78 is 24.9. The van der Waals surface area contributed by atoms with Gasteiger partial charge in [-0.3, -0.25) is 0 Å². The van der Waals surface area contributed by atoms with Crippen LogP contribution in [0.4, 0.5) is 8.78 Å². The van der Waals surface area contributed by atoms with Crippen LogP contribution in [0, 0.1) is 18.6 Å². The second kappa shape index (κ2) is 2.54. The van der Waals surface area contributed by atoms with Gasteiger partial charge in [0.25, 0.3) is 0 Å². The lowest BCUT2D eigenvalue weighted by Gasteiger charge is -1.96. The minimum atomic E-state index is -0.709. The highest BCUT2D eigenvalue weighted by atomic mass is 35.5. The Kier molecular flexibility index (Phi) is 1.90. The summed E-state index contributed by atoms with van der Waals surface area (Å²) >= 11 is 5.20. The van der Waals surface area contributed by atoms with Crippen molar-refractivity contribution in [2.75, 3.05) is 0 Å². The van der Waals surface area contributed by atoms with Crippen LogP contribution in [0.5, 0.6) is 0 Å². The van der Waals surface area contributed by atoms with Crippen molar-refractivity contribution in [2.24, 2.45) is 0 Å². The van der Waals surface area contributed by atoms with E-state index in [1.807, 2.05) is 0 Å². The molecule has 0 aromatic heterocycles. The molecule has 10 heavy (non-hydrogen) atoms. The van der Waals surface area contributed by atoms with Crippen molar-refractivity contribution < 1.29 is 8.78 Å². The standard InChI is InChI=1S/C7H5ClF2/c1-4-2-5(9)7(8)6(10)3-4/h2-3H,1H3. The van der Waals surface area contributed by atoms with Crippen molar-refractivity contribution >= 4 is 11.6 Å². The first-order valence-corrected chi connectivity index (χ1v) is 3.10. The largest absolute Gasteiger partial charge is 0.205 e. The molecule has 0 N–H and O–H groups in total. The van der Waals surface area contributed by atoms with Gasteiger partial charge in [0.15, 0.2) is 0 Å². The molecular weight excluding hydrogens is 158 g/mol. The predicted molar refractivity (Wildman–Crippen MR) is 36.1 cm³/mol.